The van der Waals surface area contributed by atoms with Gasteiger partial charge in [0.1, 0.15) is 5.75 Å². The van der Waals surface area contributed by atoms with Gasteiger partial charge < -0.3 is 9.64 Å². The van der Waals surface area contributed by atoms with Crippen molar-refractivity contribution in [3.63, 3.8) is 0 Å². The summed E-state index contributed by atoms with van der Waals surface area (Å²) < 4.78 is 5.98. The van der Waals surface area contributed by atoms with Crippen LogP contribution in [0.4, 0.5) is 0 Å². The molecule has 1 atom stereocenters. The molecular formula is C18H22ClNO. The molecule has 1 unspecified atom stereocenters. The second-order valence-corrected chi connectivity index (χ2v) is 5.84. The number of rotatable bonds is 6. The van der Waals surface area contributed by atoms with Crippen LogP contribution in [0.2, 0.25) is 5.02 Å². The van der Waals surface area contributed by atoms with Gasteiger partial charge in [0.25, 0.3) is 0 Å². The molecule has 2 rings (SSSR count). The fraction of sp³-hybridized carbons (Fsp3) is 0.333. The van der Waals surface area contributed by atoms with Crippen LogP contribution in [0.15, 0.2) is 48.5 Å². The Balaban J connectivity index is 2.15. The molecule has 0 aliphatic rings. The Bertz CT molecular complexity index is 569. The zero-order valence-corrected chi connectivity index (χ0v) is 13.6. The largest absolute Gasteiger partial charge is 0.491 e. The van der Waals surface area contributed by atoms with Crippen LogP contribution in [-0.4, -0.2) is 31.6 Å². The lowest BCUT2D eigenvalue weighted by Gasteiger charge is -2.20. The number of para-hydroxylation sites is 1. The molecule has 0 heterocycles. The number of ether oxygens (including phenoxy) is 1. The average molecular weight is 304 g/mol. The first-order valence-electron chi connectivity index (χ1n) is 7.22. The lowest BCUT2D eigenvalue weighted by Crippen LogP contribution is -2.26. The maximum absolute atomic E-state index is 6.32. The summed E-state index contributed by atoms with van der Waals surface area (Å²) in [4.78, 5) is 2.19. The highest BCUT2D eigenvalue weighted by Crippen LogP contribution is 2.36. The molecule has 0 aliphatic carbocycles. The fourth-order valence-electron chi connectivity index (χ4n) is 2.09. The van der Waals surface area contributed by atoms with Gasteiger partial charge in [-0.25, -0.2) is 0 Å². The summed E-state index contributed by atoms with van der Waals surface area (Å²) in [7, 11) is 4.16. The van der Waals surface area contributed by atoms with Crippen LogP contribution in [0, 0.1) is 0 Å². The van der Waals surface area contributed by atoms with Crippen molar-refractivity contribution in [2.24, 2.45) is 0 Å². The topological polar surface area (TPSA) is 12.5 Å². The molecule has 0 spiro atoms. The quantitative estimate of drug-likeness (QED) is 0.765. The number of hydrogen-bond acceptors (Lipinski definition) is 2. The van der Waals surface area contributed by atoms with Crippen molar-refractivity contribution >= 4 is 11.6 Å². The van der Waals surface area contributed by atoms with E-state index in [0.29, 0.717) is 17.7 Å². The first-order valence-corrected chi connectivity index (χ1v) is 7.60. The van der Waals surface area contributed by atoms with Crippen molar-refractivity contribution in [2.75, 3.05) is 20.7 Å². The smallest absolute Gasteiger partial charge is 0.145 e. The molecule has 2 aromatic carbocycles. The zero-order chi connectivity index (χ0) is 15.2. The molecule has 0 aromatic heterocycles. The van der Waals surface area contributed by atoms with Gasteiger partial charge in [0.15, 0.2) is 0 Å². The molecule has 2 nitrogen and oxygen atoms in total. The Morgan fingerprint density at radius 3 is 2.43 bits per heavy atom. The van der Waals surface area contributed by atoms with E-state index in [1.165, 1.54) is 0 Å². The van der Waals surface area contributed by atoms with Gasteiger partial charge in [-0.2, -0.15) is 0 Å². The van der Waals surface area contributed by atoms with Gasteiger partial charge in [0, 0.05) is 11.6 Å². The van der Waals surface area contributed by atoms with Crippen LogP contribution in [0.25, 0.3) is 11.1 Å². The summed E-state index contributed by atoms with van der Waals surface area (Å²) in [6.07, 6.45) is 0.965. The highest BCUT2D eigenvalue weighted by Gasteiger charge is 2.11. The summed E-state index contributed by atoms with van der Waals surface area (Å²) in [5.74, 6) is 0.774. The lowest BCUT2D eigenvalue weighted by atomic mass is 10.0. The molecule has 0 fully saturated rings. The van der Waals surface area contributed by atoms with E-state index in [1.807, 2.05) is 36.4 Å². The highest BCUT2D eigenvalue weighted by molar-refractivity contribution is 6.32. The molecule has 0 bridgehead atoms. The third kappa shape index (κ3) is 4.23. The van der Waals surface area contributed by atoms with Crippen LogP contribution >= 0.6 is 11.6 Å². The first kappa shape index (κ1) is 15.9. The summed E-state index contributed by atoms with van der Waals surface area (Å²) in [6, 6.07) is 16.6. The molecule has 112 valence electrons. The Labute approximate surface area is 132 Å². The van der Waals surface area contributed by atoms with E-state index < -0.39 is 0 Å². The molecule has 0 saturated heterocycles. The minimum Gasteiger partial charge on any atom is -0.491 e. The van der Waals surface area contributed by atoms with Crippen molar-refractivity contribution in [2.45, 2.75) is 19.4 Å². The van der Waals surface area contributed by atoms with Gasteiger partial charge in [-0.15, -0.1) is 0 Å². The minimum absolute atomic E-state index is 0.479. The molecule has 0 radical (unpaired) electrons. The molecule has 3 heteroatoms. The Kier molecular flexibility index (Phi) is 5.66. The van der Waals surface area contributed by atoms with Gasteiger partial charge >= 0.3 is 0 Å². The van der Waals surface area contributed by atoms with Crippen LogP contribution < -0.4 is 4.74 Å². The van der Waals surface area contributed by atoms with Crippen LogP contribution in [-0.2, 0) is 0 Å². The highest BCUT2D eigenvalue weighted by atomic mass is 35.5. The van der Waals surface area contributed by atoms with Crippen molar-refractivity contribution < 1.29 is 4.74 Å². The monoisotopic (exact) mass is 303 g/mol. The predicted octanol–water partition coefficient (Wildman–Crippen LogP) is 4.73. The number of benzene rings is 2. The maximum Gasteiger partial charge on any atom is 0.145 e. The van der Waals surface area contributed by atoms with Crippen LogP contribution in [0.3, 0.4) is 0 Å². The standard InChI is InChI=1S/C18H22ClNO/c1-14(20(2)3)12-13-21-18-16(10-7-11-17(18)19)15-8-5-4-6-9-15/h4-11,14H,12-13H2,1-3H3. The Hall–Kier alpha value is -1.51. The molecular weight excluding hydrogens is 282 g/mol. The SMILES string of the molecule is CC(CCOc1c(Cl)cccc1-c1ccccc1)N(C)C. The van der Waals surface area contributed by atoms with E-state index in [2.05, 4.69) is 38.1 Å². The first-order chi connectivity index (χ1) is 10.1. The van der Waals surface area contributed by atoms with Crippen LogP contribution in [0.5, 0.6) is 5.75 Å². The lowest BCUT2D eigenvalue weighted by molar-refractivity contribution is 0.234. The third-order valence-electron chi connectivity index (χ3n) is 3.72. The van der Waals surface area contributed by atoms with E-state index in [0.717, 1.165) is 23.3 Å². The van der Waals surface area contributed by atoms with Gasteiger partial charge in [0.05, 0.1) is 11.6 Å². The van der Waals surface area contributed by atoms with Crippen molar-refractivity contribution in [3.8, 4) is 16.9 Å². The van der Waals surface area contributed by atoms with Crippen LogP contribution in [0.1, 0.15) is 13.3 Å². The fourth-order valence-corrected chi connectivity index (χ4v) is 2.32. The summed E-state index contributed by atoms with van der Waals surface area (Å²) in [5.41, 5.74) is 2.16. The van der Waals surface area contributed by atoms with E-state index in [9.17, 15) is 0 Å². The van der Waals surface area contributed by atoms with Crippen molar-refractivity contribution in [1.29, 1.82) is 0 Å². The van der Waals surface area contributed by atoms with Gasteiger partial charge in [-0.1, -0.05) is 54.1 Å². The second kappa shape index (κ2) is 7.48. The zero-order valence-electron chi connectivity index (χ0n) is 12.8. The summed E-state index contributed by atoms with van der Waals surface area (Å²) >= 11 is 6.32. The molecule has 0 saturated carbocycles. The number of halogens is 1. The average Bonchev–Trinajstić information content (AvgIpc) is 2.49. The molecule has 2 aromatic rings. The summed E-state index contributed by atoms with van der Waals surface area (Å²) in [5, 5.41) is 0.661. The predicted molar refractivity (Wildman–Crippen MR) is 90.1 cm³/mol. The maximum atomic E-state index is 6.32. The third-order valence-corrected chi connectivity index (χ3v) is 4.01. The van der Waals surface area contributed by atoms with E-state index in [-0.39, 0.29) is 0 Å². The molecule has 0 amide bonds. The molecule has 21 heavy (non-hydrogen) atoms. The Morgan fingerprint density at radius 2 is 1.76 bits per heavy atom. The van der Waals surface area contributed by atoms with E-state index in [4.69, 9.17) is 16.3 Å². The molecule has 0 N–H and O–H groups in total. The molecule has 0 aliphatic heterocycles. The Morgan fingerprint density at radius 1 is 1.05 bits per heavy atom. The number of nitrogens with zero attached hydrogens (tertiary/aromatic N) is 1. The normalized spacial score (nSPS) is 12.4. The minimum atomic E-state index is 0.479. The van der Waals surface area contributed by atoms with Gasteiger partial charge in [-0.05, 0) is 39.1 Å². The van der Waals surface area contributed by atoms with E-state index in [1.54, 1.807) is 0 Å². The van der Waals surface area contributed by atoms with Gasteiger partial charge in [-0.3, -0.25) is 0 Å². The summed E-state index contributed by atoms with van der Waals surface area (Å²) in [6.45, 7) is 2.84. The second-order valence-electron chi connectivity index (χ2n) is 5.43. The number of hydrogen-bond donors (Lipinski definition) is 0. The van der Waals surface area contributed by atoms with Gasteiger partial charge in [0.2, 0.25) is 0 Å². The van der Waals surface area contributed by atoms with Crippen molar-refractivity contribution in [3.05, 3.63) is 53.6 Å². The van der Waals surface area contributed by atoms with E-state index >= 15 is 0 Å². The van der Waals surface area contributed by atoms with Crippen molar-refractivity contribution in [1.82, 2.24) is 4.90 Å².